The van der Waals surface area contributed by atoms with Gasteiger partial charge in [-0.25, -0.2) is 0 Å². The molecule has 4 N–H and O–H groups in total. The SMILES string of the molecule is CC(=O)c1ccccc1O[C@@H]1OC(S(=O)(=O)O)[C@@H](O)[C@H](O)[C@H]1O. The Morgan fingerprint density at radius 2 is 1.74 bits per heavy atom. The van der Waals surface area contributed by atoms with Crippen molar-refractivity contribution in [1.82, 2.24) is 0 Å². The largest absolute Gasteiger partial charge is 0.461 e. The van der Waals surface area contributed by atoms with E-state index in [-0.39, 0.29) is 17.1 Å². The number of aliphatic hydroxyl groups is 3. The van der Waals surface area contributed by atoms with Crippen molar-refractivity contribution in [3.05, 3.63) is 29.8 Å². The first-order valence-electron chi connectivity index (χ1n) is 6.55. The first-order valence-corrected chi connectivity index (χ1v) is 8.06. The molecule has 10 heteroatoms. The quantitative estimate of drug-likeness (QED) is 0.393. The molecule has 1 saturated heterocycles. The van der Waals surface area contributed by atoms with Crippen molar-refractivity contribution in [2.75, 3.05) is 0 Å². The smallest absolute Gasteiger partial charge is 0.295 e. The van der Waals surface area contributed by atoms with Gasteiger partial charge in [-0.2, -0.15) is 8.42 Å². The lowest BCUT2D eigenvalue weighted by Crippen LogP contribution is -2.61. The van der Waals surface area contributed by atoms with E-state index in [0.29, 0.717) is 0 Å². The fraction of sp³-hybridized carbons (Fsp3) is 0.462. The summed E-state index contributed by atoms with van der Waals surface area (Å²) in [5, 5.41) is 29.2. The van der Waals surface area contributed by atoms with E-state index in [1.807, 2.05) is 0 Å². The van der Waals surface area contributed by atoms with Gasteiger partial charge in [-0.05, 0) is 19.1 Å². The molecule has 0 bridgehead atoms. The predicted molar refractivity (Wildman–Crippen MR) is 75.3 cm³/mol. The van der Waals surface area contributed by atoms with Gasteiger partial charge >= 0.3 is 0 Å². The van der Waals surface area contributed by atoms with E-state index in [4.69, 9.17) is 14.0 Å². The van der Waals surface area contributed by atoms with Crippen LogP contribution >= 0.6 is 0 Å². The molecule has 1 unspecified atom stereocenters. The molecule has 1 fully saturated rings. The first kappa shape index (κ1) is 17.8. The van der Waals surface area contributed by atoms with Crippen molar-refractivity contribution in [2.24, 2.45) is 0 Å². The Kier molecular flexibility index (Phi) is 5.04. The van der Waals surface area contributed by atoms with E-state index in [2.05, 4.69) is 0 Å². The fourth-order valence-electron chi connectivity index (χ4n) is 2.15. The van der Waals surface area contributed by atoms with Gasteiger partial charge in [0.05, 0.1) is 5.56 Å². The summed E-state index contributed by atoms with van der Waals surface area (Å²) in [6.07, 6.45) is -7.53. The van der Waals surface area contributed by atoms with Crippen LogP contribution in [0.15, 0.2) is 24.3 Å². The van der Waals surface area contributed by atoms with Crippen molar-refractivity contribution < 1.29 is 42.6 Å². The normalized spacial score (nSPS) is 31.6. The monoisotopic (exact) mass is 348 g/mol. The van der Waals surface area contributed by atoms with E-state index >= 15 is 0 Å². The average Bonchev–Trinajstić information content (AvgIpc) is 2.47. The first-order chi connectivity index (χ1) is 10.6. The minimum absolute atomic E-state index is 0.0123. The highest BCUT2D eigenvalue weighted by molar-refractivity contribution is 7.86. The summed E-state index contributed by atoms with van der Waals surface area (Å²) in [6.45, 7) is 1.28. The van der Waals surface area contributed by atoms with Gasteiger partial charge in [0.2, 0.25) is 11.7 Å². The Labute approximate surface area is 131 Å². The Hall–Kier alpha value is -1.56. The number of benzene rings is 1. The molecule has 0 aromatic heterocycles. The highest BCUT2D eigenvalue weighted by Gasteiger charge is 2.50. The number of hydrogen-bond acceptors (Lipinski definition) is 8. The lowest BCUT2D eigenvalue weighted by molar-refractivity contribution is -0.254. The Morgan fingerprint density at radius 1 is 1.13 bits per heavy atom. The maximum absolute atomic E-state index is 11.5. The third kappa shape index (κ3) is 3.68. The number of carbonyl (C=O) groups is 1. The fourth-order valence-corrected chi connectivity index (χ4v) is 2.91. The topological polar surface area (TPSA) is 151 Å². The van der Waals surface area contributed by atoms with Crippen LogP contribution in [0.3, 0.4) is 0 Å². The molecular formula is C13H16O9S. The molecule has 1 aromatic rings. The van der Waals surface area contributed by atoms with E-state index in [1.54, 1.807) is 6.07 Å². The number of carbonyl (C=O) groups excluding carboxylic acids is 1. The number of aliphatic hydroxyl groups excluding tert-OH is 3. The second-order valence-electron chi connectivity index (χ2n) is 5.03. The molecule has 128 valence electrons. The Bertz CT molecular complexity index is 686. The minimum atomic E-state index is -4.87. The standard InChI is InChI=1S/C13H16O9S/c1-6(14)7-4-2-3-5-8(7)21-12-10(16)9(15)11(17)13(22-12)23(18,19)20/h2-5,9-13,15-17H,1H3,(H,18,19,20)/t9-,10-,11+,12-,13?/m1/s1. The van der Waals surface area contributed by atoms with Crippen LogP contribution in [-0.4, -0.2) is 64.1 Å². The number of Topliss-reactive ketones (excluding diaryl/α,β-unsaturated/α-hetero) is 1. The van der Waals surface area contributed by atoms with Gasteiger partial charge in [-0.15, -0.1) is 0 Å². The summed E-state index contributed by atoms with van der Waals surface area (Å²) in [5.41, 5.74) is -2.05. The summed E-state index contributed by atoms with van der Waals surface area (Å²) in [4.78, 5) is 11.5. The highest BCUT2D eigenvalue weighted by Crippen LogP contribution is 2.28. The summed E-state index contributed by atoms with van der Waals surface area (Å²) in [7, 11) is -4.87. The number of ketones is 1. The van der Waals surface area contributed by atoms with Gasteiger partial charge in [0, 0.05) is 0 Å². The van der Waals surface area contributed by atoms with Crippen molar-refractivity contribution in [1.29, 1.82) is 0 Å². The van der Waals surface area contributed by atoms with Crippen LogP contribution in [0.1, 0.15) is 17.3 Å². The predicted octanol–water partition coefficient (Wildman–Crippen LogP) is -1.08. The Morgan fingerprint density at radius 3 is 2.30 bits per heavy atom. The maximum atomic E-state index is 11.5. The molecule has 1 heterocycles. The lowest BCUT2D eigenvalue weighted by atomic mass is 10.1. The van der Waals surface area contributed by atoms with Gasteiger partial charge in [0.15, 0.2) is 5.78 Å². The van der Waals surface area contributed by atoms with Gasteiger partial charge < -0.3 is 24.8 Å². The molecule has 1 aromatic carbocycles. The maximum Gasteiger partial charge on any atom is 0.295 e. The van der Waals surface area contributed by atoms with Crippen LogP contribution in [0.5, 0.6) is 5.75 Å². The number of hydrogen-bond donors (Lipinski definition) is 4. The van der Waals surface area contributed by atoms with Crippen LogP contribution in [0, 0.1) is 0 Å². The average molecular weight is 348 g/mol. The van der Waals surface area contributed by atoms with Gasteiger partial charge in [0.1, 0.15) is 24.1 Å². The molecule has 0 aliphatic carbocycles. The molecule has 1 aliphatic heterocycles. The van der Waals surface area contributed by atoms with Crippen LogP contribution in [0.2, 0.25) is 0 Å². The number of rotatable bonds is 4. The van der Waals surface area contributed by atoms with Crippen LogP contribution < -0.4 is 4.74 Å². The molecule has 0 radical (unpaired) electrons. The lowest BCUT2D eigenvalue weighted by Gasteiger charge is -2.38. The van der Waals surface area contributed by atoms with Crippen molar-refractivity contribution in [2.45, 2.75) is 37.0 Å². The summed E-state index contributed by atoms with van der Waals surface area (Å²) in [6, 6.07) is 5.93. The molecule has 9 nitrogen and oxygen atoms in total. The summed E-state index contributed by atoms with van der Waals surface area (Å²) < 4.78 is 41.5. The van der Waals surface area contributed by atoms with Crippen LogP contribution in [0.4, 0.5) is 0 Å². The van der Waals surface area contributed by atoms with E-state index in [0.717, 1.165) is 0 Å². The molecule has 0 spiro atoms. The van der Waals surface area contributed by atoms with Gasteiger partial charge in [-0.1, -0.05) is 12.1 Å². The minimum Gasteiger partial charge on any atom is -0.461 e. The second kappa shape index (κ2) is 6.51. The third-order valence-corrected chi connectivity index (χ3v) is 4.31. The van der Waals surface area contributed by atoms with E-state index < -0.39 is 40.2 Å². The zero-order valence-electron chi connectivity index (χ0n) is 11.9. The van der Waals surface area contributed by atoms with Crippen molar-refractivity contribution in [3.63, 3.8) is 0 Å². The summed E-state index contributed by atoms with van der Waals surface area (Å²) >= 11 is 0. The summed E-state index contributed by atoms with van der Waals surface area (Å²) in [5.74, 6) is -0.362. The molecule has 0 saturated carbocycles. The zero-order valence-corrected chi connectivity index (χ0v) is 12.8. The number of para-hydroxylation sites is 1. The molecular weight excluding hydrogens is 332 g/mol. The molecule has 5 atom stereocenters. The second-order valence-corrected chi connectivity index (χ2v) is 6.52. The number of ether oxygens (including phenoxy) is 2. The van der Waals surface area contributed by atoms with Crippen molar-refractivity contribution in [3.8, 4) is 5.75 Å². The Balaban J connectivity index is 2.30. The van der Waals surface area contributed by atoms with E-state index in [1.165, 1.54) is 25.1 Å². The van der Waals surface area contributed by atoms with Crippen LogP contribution in [-0.2, 0) is 14.9 Å². The molecule has 23 heavy (non-hydrogen) atoms. The van der Waals surface area contributed by atoms with E-state index in [9.17, 15) is 28.5 Å². The zero-order chi connectivity index (χ0) is 17.4. The third-order valence-electron chi connectivity index (χ3n) is 3.33. The van der Waals surface area contributed by atoms with Gasteiger partial charge in [0.25, 0.3) is 10.1 Å². The molecule has 1 aliphatic rings. The van der Waals surface area contributed by atoms with Crippen LogP contribution in [0.25, 0.3) is 0 Å². The highest BCUT2D eigenvalue weighted by atomic mass is 32.2. The van der Waals surface area contributed by atoms with Crippen molar-refractivity contribution >= 4 is 15.9 Å². The van der Waals surface area contributed by atoms with Gasteiger partial charge in [-0.3, -0.25) is 9.35 Å². The molecule has 2 rings (SSSR count). The molecule has 0 amide bonds.